The number of furan rings is 1. The van der Waals surface area contributed by atoms with Crippen LogP contribution in [-0.4, -0.2) is 29.0 Å². The summed E-state index contributed by atoms with van der Waals surface area (Å²) in [6, 6.07) is 8.64. The van der Waals surface area contributed by atoms with Gasteiger partial charge in [0.05, 0.1) is 0 Å². The number of allylic oxidation sites excluding steroid dienone is 1. The van der Waals surface area contributed by atoms with Crippen molar-refractivity contribution in [1.29, 1.82) is 0 Å². The number of halogens is 1. The van der Waals surface area contributed by atoms with E-state index in [-0.39, 0.29) is 0 Å². The van der Waals surface area contributed by atoms with Gasteiger partial charge in [-0.2, -0.15) is 0 Å². The fourth-order valence-corrected chi connectivity index (χ4v) is 9.12. The van der Waals surface area contributed by atoms with E-state index in [1.165, 1.54) is 63.9 Å². The van der Waals surface area contributed by atoms with Crippen molar-refractivity contribution in [1.82, 2.24) is 0 Å². The molecule has 0 aliphatic heterocycles. The molecule has 0 saturated carbocycles. The minimum absolute atomic E-state index is 0.402. The summed E-state index contributed by atoms with van der Waals surface area (Å²) in [6.07, 6.45) is 10.3. The van der Waals surface area contributed by atoms with Gasteiger partial charge in [-0.3, -0.25) is 0 Å². The molecule has 1 nitrogen and oxygen atoms in total. The Morgan fingerprint density at radius 3 is 2.37 bits per heavy atom. The first-order valence-electron chi connectivity index (χ1n) is 9.80. The van der Waals surface area contributed by atoms with Gasteiger partial charge >= 0.3 is 165 Å². The number of hydrogen-bond donors (Lipinski definition) is 0. The van der Waals surface area contributed by atoms with Crippen LogP contribution < -0.4 is 0 Å². The third kappa shape index (κ3) is 5.75. The predicted octanol–water partition coefficient (Wildman–Crippen LogP) is 7.64. The Morgan fingerprint density at radius 1 is 0.926 bits per heavy atom. The van der Waals surface area contributed by atoms with Crippen LogP contribution in [0.2, 0.25) is 0 Å². The molecule has 0 aliphatic carbocycles. The molecule has 3 heterocycles. The topological polar surface area (TPSA) is 13.1 Å². The normalized spacial score (nSPS) is 11.2. The second-order valence-electron chi connectivity index (χ2n) is 6.90. The summed E-state index contributed by atoms with van der Waals surface area (Å²) in [5.41, 5.74) is 2.40. The zero-order valence-electron chi connectivity index (χ0n) is 15.9. The van der Waals surface area contributed by atoms with Crippen molar-refractivity contribution in [2.24, 2.45) is 0 Å². The van der Waals surface area contributed by atoms with E-state index in [1.807, 2.05) is 0 Å². The molecule has 0 amide bonds. The second kappa shape index (κ2) is 10.9. The van der Waals surface area contributed by atoms with Gasteiger partial charge in [-0.1, -0.05) is 19.8 Å². The first kappa shape index (κ1) is 21.2. The summed E-state index contributed by atoms with van der Waals surface area (Å²) in [5, 5.41) is 0. The summed E-state index contributed by atoms with van der Waals surface area (Å²) in [6.45, 7) is 6.54. The van der Waals surface area contributed by atoms with Crippen LogP contribution >= 0.6 is 15.9 Å². The summed E-state index contributed by atoms with van der Waals surface area (Å²) < 4.78 is 10.4. The van der Waals surface area contributed by atoms with Crippen LogP contribution in [0.1, 0.15) is 64.1 Å². The van der Waals surface area contributed by atoms with E-state index in [0.29, 0.717) is 29.0 Å². The molecule has 0 aliphatic rings. The average Bonchev–Trinajstić information content (AvgIpc) is 3.40. The molecule has 0 bridgehead atoms. The van der Waals surface area contributed by atoms with Gasteiger partial charge < -0.3 is 0 Å². The molecule has 0 N–H and O–H groups in total. The van der Waals surface area contributed by atoms with Crippen LogP contribution in [0, 0.1) is 0 Å². The molecule has 0 unspecified atom stereocenters. The molecule has 0 saturated heterocycles. The van der Waals surface area contributed by atoms with Gasteiger partial charge in [0.15, 0.2) is 0 Å². The van der Waals surface area contributed by atoms with Gasteiger partial charge in [0.2, 0.25) is 0 Å². The summed E-state index contributed by atoms with van der Waals surface area (Å²) >= 11 is 4.55. The standard InChI is InChI=1S/C23H27BrOSe2/c1-3-4-5-6-7-8-9-10-17(2)20-11-12-21(25-20)18-13-15-26-22(18)23-19(24)14-16-27-23/h11-16H,2-10H2,1H3. The second-order valence-corrected chi connectivity index (χ2v) is 11.6. The van der Waals surface area contributed by atoms with E-state index in [0.717, 1.165) is 23.5 Å². The number of rotatable bonds is 11. The quantitative estimate of drug-likeness (QED) is 0.175. The molecule has 0 atom stereocenters. The van der Waals surface area contributed by atoms with Gasteiger partial charge in [0, 0.05) is 0 Å². The number of unbranched alkanes of at least 4 members (excludes halogenated alkanes) is 6. The van der Waals surface area contributed by atoms with Crippen LogP contribution in [0.25, 0.3) is 25.8 Å². The molecule has 3 rings (SSSR count). The van der Waals surface area contributed by atoms with E-state index < -0.39 is 0 Å². The van der Waals surface area contributed by atoms with Crippen molar-refractivity contribution in [3.63, 3.8) is 0 Å². The molecule has 4 heteroatoms. The van der Waals surface area contributed by atoms with Crippen molar-refractivity contribution < 1.29 is 4.42 Å². The Morgan fingerprint density at radius 2 is 1.63 bits per heavy atom. The summed E-state index contributed by atoms with van der Waals surface area (Å²) in [5.74, 6) is 1.95. The van der Waals surface area contributed by atoms with E-state index in [2.05, 4.69) is 63.6 Å². The van der Waals surface area contributed by atoms with E-state index in [9.17, 15) is 0 Å². The third-order valence-electron chi connectivity index (χ3n) is 4.79. The zero-order chi connectivity index (χ0) is 19.1. The van der Waals surface area contributed by atoms with E-state index in [4.69, 9.17) is 4.42 Å². The maximum absolute atomic E-state index is 6.21. The van der Waals surface area contributed by atoms with Crippen molar-refractivity contribution >= 4 is 50.5 Å². The molecule has 0 spiro atoms. The van der Waals surface area contributed by atoms with Crippen molar-refractivity contribution in [2.75, 3.05) is 0 Å². The Bertz CT molecular complexity index is 855. The maximum atomic E-state index is 6.21. The first-order chi connectivity index (χ1) is 13.2. The molecule has 3 aromatic heterocycles. The van der Waals surface area contributed by atoms with Gasteiger partial charge in [0.1, 0.15) is 0 Å². The Kier molecular flexibility index (Phi) is 8.55. The minimum atomic E-state index is 0.402. The molecular formula is C23H27BrOSe2. The summed E-state index contributed by atoms with van der Waals surface area (Å²) in [7, 11) is 0. The van der Waals surface area contributed by atoms with Gasteiger partial charge in [-0.25, -0.2) is 0 Å². The van der Waals surface area contributed by atoms with E-state index >= 15 is 0 Å². The molecule has 0 fully saturated rings. The fourth-order valence-electron chi connectivity index (χ4n) is 3.23. The van der Waals surface area contributed by atoms with Crippen LogP contribution in [0.3, 0.4) is 0 Å². The summed E-state index contributed by atoms with van der Waals surface area (Å²) in [4.78, 5) is 4.58. The van der Waals surface area contributed by atoms with Crippen molar-refractivity contribution in [2.45, 2.75) is 58.3 Å². The van der Waals surface area contributed by atoms with Gasteiger partial charge in [-0.05, 0) is 0 Å². The molecule has 0 radical (unpaired) electrons. The third-order valence-corrected chi connectivity index (χ3v) is 10.6. The van der Waals surface area contributed by atoms with Crippen LogP contribution in [0.5, 0.6) is 0 Å². The number of hydrogen-bond acceptors (Lipinski definition) is 1. The zero-order valence-corrected chi connectivity index (χ0v) is 20.9. The molecule has 27 heavy (non-hydrogen) atoms. The van der Waals surface area contributed by atoms with Crippen molar-refractivity contribution in [3.8, 4) is 20.2 Å². The molecular weight excluding hydrogens is 530 g/mol. The molecule has 0 aromatic carbocycles. The Balaban J connectivity index is 1.57. The monoisotopic (exact) mass is 558 g/mol. The fraction of sp³-hybridized carbons (Fsp3) is 0.391. The van der Waals surface area contributed by atoms with Gasteiger partial charge in [-0.15, -0.1) is 0 Å². The van der Waals surface area contributed by atoms with Crippen LogP contribution in [0.15, 0.2) is 49.6 Å². The Labute approximate surface area is 183 Å². The van der Waals surface area contributed by atoms with Crippen LogP contribution in [-0.2, 0) is 0 Å². The SMILES string of the molecule is C=C(CCCCCCCCC)c1ccc(-c2cc[se]c2-c2[se]ccc2Br)o1. The van der Waals surface area contributed by atoms with Crippen molar-refractivity contribution in [3.05, 3.63) is 51.0 Å². The molecule has 3 aromatic rings. The van der Waals surface area contributed by atoms with E-state index in [1.54, 1.807) is 0 Å². The average molecular weight is 557 g/mol. The van der Waals surface area contributed by atoms with Gasteiger partial charge in [0.25, 0.3) is 0 Å². The predicted molar refractivity (Wildman–Crippen MR) is 123 cm³/mol. The Hall–Kier alpha value is -0.501. The first-order valence-corrected chi connectivity index (χ1v) is 14.3. The molecule has 144 valence electrons. The van der Waals surface area contributed by atoms with Crippen LogP contribution in [0.4, 0.5) is 0 Å².